The van der Waals surface area contributed by atoms with Gasteiger partial charge < -0.3 is 5.73 Å². The summed E-state index contributed by atoms with van der Waals surface area (Å²) in [5.41, 5.74) is 7.35. The Kier molecular flexibility index (Phi) is 5.41. The number of benzene rings is 1. The molecule has 1 aromatic carbocycles. The van der Waals surface area contributed by atoms with Crippen LogP contribution in [0.3, 0.4) is 0 Å². The highest BCUT2D eigenvalue weighted by Gasteiger charge is 2.27. The van der Waals surface area contributed by atoms with Crippen LogP contribution in [0, 0.1) is 11.8 Å². The summed E-state index contributed by atoms with van der Waals surface area (Å²) in [6, 6.07) is 7.55. The van der Waals surface area contributed by atoms with Gasteiger partial charge in [0, 0.05) is 12.6 Å². The van der Waals surface area contributed by atoms with Crippen LogP contribution in [-0.2, 0) is 22.3 Å². The number of hydrogen-bond acceptors (Lipinski definition) is 3. The van der Waals surface area contributed by atoms with E-state index in [9.17, 15) is 8.42 Å². The molecule has 0 aromatic heterocycles. The molecule has 1 aliphatic rings. The minimum absolute atomic E-state index is 0.0279. The van der Waals surface area contributed by atoms with Crippen LogP contribution >= 0.6 is 0 Å². The predicted octanol–water partition coefficient (Wildman–Crippen LogP) is 2.39. The molecule has 1 aromatic rings. The zero-order valence-electron chi connectivity index (χ0n) is 12.9. The first-order valence-electron chi connectivity index (χ1n) is 7.66. The molecule has 5 heteroatoms. The summed E-state index contributed by atoms with van der Waals surface area (Å²) in [7, 11) is -3.30. The topological polar surface area (TPSA) is 72.2 Å². The summed E-state index contributed by atoms with van der Waals surface area (Å²) in [6.07, 6.45) is 3.07. The normalized spacial score (nSPS) is 26.7. The maximum absolute atomic E-state index is 12.3. The maximum atomic E-state index is 12.3. The summed E-state index contributed by atoms with van der Waals surface area (Å²) in [4.78, 5) is 0. The molecule has 1 aliphatic carbocycles. The van der Waals surface area contributed by atoms with Gasteiger partial charge in [-0.2, -0.15) is 0 Å². The second-order valence-corrected chi connectivity index (χ2v) is 8.27. The van der Waals surface area contributed by atoms with E-state index in [1.165, 1.54) is 6.42 Å². The van der Waals surface area contributed by atoms with Crippen LogP contribution in [0.5, 0.6) is 0 Å². The average molecular weight is 310 g/mol. The molecule has 118 valence electrons. The lowest BCUT2D eigenvalue weighted by Gasteiger charge is -2.31. The molecule has 0 aliphatic heterocycles. The van der Waals surface area contributed by atoms with Crippen LogP contribution in [0.2, 0.25) is 0 Å². The molecule has 0 bridgehead atoms. The summed E-state index contributed by atoms with van der Waals surface area (Å²) < 4.78 is 27.6. The van der Waals surface area contributed by atoms with Gasteiger partial charge in [-0.3, -0.25) is 0 Å². The molecule has 0 heterocycles. The Morgan fingerprint density at radius 1 is 1.14 bits per heavy atom. The Morgan fingerprint density at radius 2 is 1.76 bits per heavy atom. The number of nitrogens with one attached hydrogen (secondary N) is 1. The van der Waals surface area contributed by atoms with E-state index in [1.54, 1.807) is 0 Å². The highest BCUT2D eigenvalue weighted by atomic mass is 32.2. The van der Waals surface area contributed by atoms with Gasteiger partial charge in [0.1, 0.15) is 0 Å². The smallest absolute Gasteiger partial charge is 0.216 e. The summed E-state index contributed by atoms with van der Waals surface area (Å²) >= 11 is 0. The quantitative estimate of drug-likeness (QED) is 0.877. The van der Waals surface area contributed by atoms with Crippen LogP contribution in [0.1, 0.15) is 44.2 Å². The van der Waals surface area contributed by atoms with Gasteiger partial charge in [0.25, 0.3) is 0 Å². The Hall–Kier alpha value is -0.910. The predicted molar refractivity (Wildman–Crippen MR) is 86.1 cm³/mol. The van der Waals surface area contributed by atoms with Gasteiger partial charge in [0.05, 0.1) is 5.75 Å². The first-order valence-corrected chi connectivity index (χ1v) is 9.31. The SMILES string of the molecule is CC1CC(C)CC(NS(=O)(=O)Cc2cccc(CN)c2)C1. The van der Waals surface area contributed by atoms with E-state index < -0.39 is 10.0 Å². The first-order chi connectivity index (χ1) is 9.88. The van der Waals surface area contributed by atoms with E-state index in [0.29, 0.717) is 18.4 Å². The highest BCUT2D eigenvalue weighted by Crippen LogP contribution is 2.29. The van der Waals surface area contributed by atoms with Gasteiger partial charge in [-0.25, -0.2) is 13.1 Å². The molecule has 4 nitrogen and oxygen atoms in total. The van der Waals surface area contributed by atoms with Crippen molar-refractivity contribution in [3.63, 3.8) is 0 Å². The van der Waals surface area contributed by atoms with E-state index in [4.69, 9.17) is 5.73 Å². The lowest BCUT2D eigenvalue weighted by atomic mass is 9.81. The molecule has 3 N–H and O–H groups in total. The molecule has 21 heavy (non-hydrogen) atoms. The van der Waals surface area contributed by atoms with Crippen molar-refractivity contribution in [2.24, 2.45) is 17.6 Å². The highest BCUT2D eigenvalue weighted by molar-refractivity contribution is 7.88. The minimum Gasteiger partial charge on any atom is -0.326 e. The van der Waals surface area contributed by atoms with Crippen LogP contribution in [-0.4, -0.2) is 14.5 Å². The van der Waals surface area contributed by atoms with Gasteiger partial charge in [-0.15, -0.1) is 0 Å². The van der Waals surface area contributed by atoms with Gasteiger partial charge in [-0.1, -0.05) is 38.1 Å². The minimum atomic E-state index is -3.30. The van der Waals surface area contributed by atoms with Crippen LogP contribution in [0.4, 0.5) is 0 Å². The van der Waals surface area contributed by atoms with E-state index >= 15 is 0 Å². The molecule has 1 fully saturated rings. The van der Waals surface area contributed by atoms with Gasteiger partial charge in [0.2, 0.25) is 10.0 Å². The van der Waals surface area contributed by atoms with E-state index in [0.717, 1.165) is 24.0 Å². The van der Waals surface area contributed by atoms with Gasteiger partial charge >= 0.3 is 0 Å². The van der Waals surface area contributed by atoms with Crippen molar-refractivity contribution < 1.29 is 8.42 Å². The Labute approximate surface area is 128 Å². The van der Waals surface area contributed by atoms with E-state index in [1.807, 2.05) is 24.3 Å². The number of hydrogen-bond donors (Lipinski definition) is 2. The third kappa shape index (κ3) is 5.09. The molecular formula is C16H26N2O2S. The van der Waals surface area contributed by atoms with Crippen LogP contribution in [0.25, 0.3) is 0 Å². The van der Waals surface area contributed by atoms with Crippen LogP contribution < -0.4 is 10.5 Å². The first kappa shape index (κ1) is 16.5. The van der Waals surface area contributed by atoms with Gasteiger partial charge in [-0.05, 0) is 42.2 Å². The molecule has 2 atom stereocenters. The Morgan fingerprint density at radius 3 is 2.38 bits per heavy atom. The fraction of sp³-hybridized carbons (Fsp3) is 0.625. The third-order valence-electron chi connectivity index (χ3n) is 4.11. The largest absolute Gasteiger partial charge is 0.326 e. The second kappa shape index (κ2) is 6.90. The lowest BCUT2D eigenvalue weighted by Crippen LogP contribution is -2.40. The average Bonchev–Trinajstić information content (AvgIpc) is 2.36. The van der Waals surface area contributed by atoms with Crippen molar-refractivity contribution in [3.05, 3.63) is 35.4 Å². The summed E-state index contributed by atoms with van der Waals surface area (Å²) in [5, 5.41) is 0. The Balaban J connectivity index is 2.01. The number of nitrogens with two attached hydrogens (primary N) is 1. The van der Waals surface area contributed by atoms with E-state index in [-0.39, 0.29) is 11.8 Å². The third-order valence-corrected chi connectivity index (χ3v) is 5.51. The lowest BCUT2D eigenvalue weighted by molar-refractivity contribution is 0.257. The fourth-order valence-electron chi connectivity index (χ4n) is 3.40. The second-order valence-electron chi connectivity index (χ2n) is 6.52. The fourth-order valence-corrected chi connectivity index (χ4v) is 4.81. The zero-order valence-corrected chi connectivity index (χ0v) is 13.7. The Bertz CT molecular complexity index is 561. The molecule has 0 amide bonds. The molecule has 0 radical (unpaired) electrons. The van der Waals surface area contributed by atoms with Crippen molar-refractivity contribution in [2.45, 2.75) is 51.4 Å². The molecule has 1 saturated carbocycles. The van der Waals surface area contributed by atoms with Crippen LogP contribution in [0.15, 0.2) is 24.3 Å². The van der Waals surface area contributed by atoms with Crippen molar-refractivity contribution in [1.82, 2.24) is 4.72 Å². The standard InChI is InChI=1S/C16H26N2O2S/c1-12-6-13(2)8-16(7-12)18-21(19,20)11-15-5-3-4-14(9-15)10-17/h3-5,9,12-13,16,18H,6-8,10-11,17H2,1-2H3. The van der Waals surface area contributed by atoms with E-state index in [2.05, 4.69) is 18.6 Å². The number of rotatable bonds is 5. The molecule has 2 rings (SSSR count). The molecule has 2 unspecified atom stereocenters. The number of sulfonamides is 1. The molecular weight excluding hydrogens is 284 g/mol. The maximum Gasteiger partial charge on any atom is 0.216 e. The van der Waals surface area contributed by atoms with Gasteiger partial charge in [0.15, 0.2) is 0 Å². The monoisotopic (exact) mass is 310 g/mol. The molecule has 0 saturated heterocycles. The van der Waals surface area contributed by atoms with Crippen molar-refractivity contribution in [1.29, 1.82) is 0 Å². The summed E-state index contributed by atoms with van der Waals surface area (Å²) in [6.45, 7) is 4.82. The van der Waals surface area contributed by atoms with Crippen molar-refractivity contribution in [3.8, 4) is 0 Å². The van der Waals surface area contributed by atoms with Crippen molar-refractivity contribution in [2.75, 3.05) is 0 Å². The molecule has 0 spiro atoms. The van der Waals surface area contributed by atoms with Crippen molar-refractivity contribution >= 4 is 10.0 Å². The summed E-state index contributed by atoms with van der Waals surface area (Å²) in [5.74, 6) is 1.20. The zero-order chi connectivity index (χ0) is 15.5.